The maximum Gasteiger partial charge on any atom is 0.221 e. The van der Waals surface area contributed by atoms with Crippen LogP contribution in [-0.2, 0) is 11.3 Å². The van der Waals surface area contributed by atoms with Crippen molar-refractivity contribution in [2.75, 3.05) is 6.54 Å². The maximum absolute atomic E-state index is 11.4. The summed E-state index contributed by atoms with van der Waals surface area (Å²) in [6.07, 6.45) is 2.86. The van der Waals surface area contributed by atoms with Gasteiger partial charge in [0.1, 0.15) is 0 Å². The zero-order chi connectivity index (χ0) is 12.1. The molecule has 3 nitrogen and oxygen atoms in total. The molecule has 0 spiro atoms. The van der Waals surface area contributed by atoms with E-state index in [0.717, 1.165) is 30.4 Å². The first-order chi connectivity index (χ1) is 8.24. The Morgan fingerprint density at radius 1 is 1.41 bits per heavy atom. The van der Waals surface area contributed by atoms with E-state index in [1.54, 1.807) is 0 Å². The molecule has 17 heavy (non-hydrogen) atoms. The van der Waals surface area contributed by atoms with Crippen LogP contribution in [-0.4, -0.2) is 18.5 Å². The molecule has 0 aliphatic heterocycles. The van der Waals surface area contributed by atoms with Crippen molar-refractivity contribution in [3.05, 3.63) is 34.3 Å². The molecule has 2 N–H and O–H groups in total. The van der Waals surface area contributed by atoms with Gasteiger partial charge in [-0.25, -0.2) is 0 Å². The Labute approximate surface area is 110 Å². The Hall–Kier alpha value is -0.870. The summed E-state index contributed by atoms with van der Waals surface area (Å²) < 4.78 is 1.09. The second kappa shape index (κ2) is 6.17. The van der Waals surface area contributed by atoms with E-state index in [1.165, 1.54) is 5.56 Å². The first kappa shape index (κ1) is 12.6. The second-order valence-electron chi connectivity index (χ2n) is 4.40. The number of nitrogens with one attached hydrogen (secondary N) is 2. The third-order valence-corrected chi connectivity index (χ3v) is 3.18. The molecule has 1 aliphatic carbocycles. The molecule has 2 rings (SSSR count). The van der Waals surface area contributed by atoms with Crippen LogP contribution in [0.15, 0.2) is 28.7 Å². The smallest absolute Gasteiger partial charge is 0.221 e. The van der Waals surface area contributed by atoms with Crippen molar-refractivity contribution in [1.82, 2.24) is 10.6 Å². The van der Waals surface area contributed by atoms with Gasteiger partial charge in [0.25, 0.3) is 0 Å². The van der Waals surface area contributed by atoms with E-state index in [0.29, 0.717) is 12.5 Å². The summed E-state index contributed by atoms with van der Waals surface area (Å²) in [6, 6.07) is 8.64. The van der Waals surface area contributed by atoms with Gasteiger partial charge in [0.05, 0.1) is 0 Å². The number of hydrogen-bond donors (Lipinski definition) is 2. The van der Waals surface area contributed by atoms with Gasteiger partial charge in [-0.3, -0.25) is 4.79 Å². The predicted octanol–water partition coefficient (Wildman–Crippen LogP) is 2.21. The van der Waals surface area contributed by atoms with Gasteiger partial charge in [-0.05, 0) is 30.5 Å². The quantitative estimate of drug-likeness (QED) is 0.790. The van der Waals surface area contributed by atoms with Gasteiger partial charge in [0.15, 0.2) is 0 Å². The lowest BCUT2D eigenvalue weighted by Gasteiger charge is -2.06. The van der Waals surface area contributed by atoms with Crippen molar-refractivity contribution in [1.29, 1.82) is 0 Å². The highest BCUT2D eigenvalue weighted by atomic mass is 79.9. The van der Waals surface area contributed by atoms with Crippen LogP contribution >= 0.6 is 15.9 Å². The fraction of sp³-hybridized carbons (Fsp3) is 0.462. The third kappa shape index (κ3) is 4.88. The van der Waals surface area contributed by atoms with E-state index >= 15 is 0 Å². The average Bonchev–Trinajstić information content (AvgIpc) is 3.08. The number of carbonyl (C=O) groups excluding carboxylic acids is 1. The van der Waals surface area contributed by atoms with Gasteiger partial charge in [-0.1, -0.05) is 28.1 Å². The normalized spacial score (nSPS) is 14.6. The van der Waals surface area contributed by atoms with Crippen LogP contribution in [0.3, 0.4) is 0 Å². The standard InChI is InChI=1S/C13H17BrN2O/c14-11-3-1-2-10(8-11)9-15-7-6-13(17)16-12-4-5-12/h1-3,8,12,15H,4-7,9H2,(H,16,17). The molecule has 1 aliphatic rings. The largest absolute Gasteiger partial charge is 0.353 e. The number of halogens is 1. The summed E-state index contributed by atoms with van der Waals surface area (Å²) in [6.45, 7) is 1.53. The van der Waals surface area contributed by atoms with Crippen molar-refractivity contribution in [2.24, 2.45) is 0 Å². The minimum Gasteiger partial charge on any atom is -0.353 e. The van der Waals surface area contributed by atoms with Crippen molar-refractivity contribution >= 4 is 21.8 Å². The molecule has 0 bridgehead atoms. The first-order valence-electron chi connectivity index (χ1n) is 5.98. The van der Waals surface area contributed by atoms with Crippen molar-refractivity contribution in [3.8, 4) is 0 Å². The van der Waals surface area contributed by atoms with Crippen LogP contribution in [0.5, 0.6) is 0 Å². The summed E-state index contributed by atoms with van der Waals surface area (Å²) >= 11 is 3.44. The molecule has 1 aromatic carbocycles. The molecule has 1 saturated carbocycles. The topological polar surface area (TPSA) is 41.1 Å². The summed E-state index contributed by atoms with van der Waals surface area (Å²) in [4.78, 5) is 11.4. The molecule has 92 valence electrons. The summed E-state index contributed by atoms with van der Waals surface area (Å²) in [5, 5.41) is 6.25. The van der Waals surface area contributed by atoms with Gasteiger partial charge in [-0.2, -0.15) is 0 Å². The molecule has 1 amide bonds. The lowest BCUT2D eigenvalue weighted by Crippen LogP contribution is -2.28. The van der Waals surface area contributed by atoms with Gasteiger partial charge in [-0.15, -0.1) is 0 Å². The zero-order valence-electron chi connectivity index (χ0n) is 9.71. The average molecular weight is 297 g/mol. The first-order valence-corrected chi connectivity index (χ1v) is 6.78. The van der Waals surface area contributed by atoms with Crippen molar-refractivity contribution in [3.63, 3.8) is 0 Å². The molecule has 0 saturated heterocycles. The summed E-state index contributed by atoms with van der Waals surface area (Å²) in [7, 11) is 0. The van der Waals surface area contributed by atoms with E-state index in [-0.39, 0.29) is 5.91 Å². The van der Waals surface area contributed by atoms with Crippen molar-refractivity contribution in [2.45, 2.75) is 31.8 Å². The van der Waals surface area contributed by atoms with Crippen LogP contribution in [0, 0.1) is 0 Å². The third-order valence-electron chi connectivity index (χ3n) is 2.69. The highest BCUT2D eigenvalue weighted by Crippen LogP contribution is 2.18. The predicted molar refractivity (Wildman–Crippen MR) is 71.6 cm³/mol. The molecule has 1 fully saturated rings. The molecule has 0 aromatic heterocycles. The van der Waals surface area contributed by atoms with Crippen molar-refractivity contribution < 1.29 is 4.79 Å². The van der Waals surface area contributed by atoms with E-state index in [1.807, 2.05) is 12.1 Å². The van der Waals surface area contributed by atoms with Gasteiger partial charge in [0.2, 0.25) is 5.91 Å². The lowest BCUT2D eigenvalue weighted by atomic mass is 10.2. The van der Waals surface area contributed by atoms with Gasteiger partial charge < -0.3 is 10.6 Å². The molecule has 0 atom stereocenters. The molecular formula is C13H17BrN2O. The molecule has 0 radical (unpaired) electrons. The fourth-order valence-electron chi connectivity index (χ4n) is 1.61. The second-order valence-corrected chi connectivity index (χ2v) is 5.31. The molecule has 0 heterocycles. The van der Waals surface area contributed by atoms with Gasteiger partial charge >= 0.3 is 0 Å². The number of rotatable bonds is 6. The van der Waals surface area contributed by atoms with E-state index in [9.17, 15) is 4.79 Å². The van der Waals surface area contributed by atoms with Crippen LogP contribution in [0.2, 0.25) is 0 Å². The van der Waals surface area contributed by atoms with E-state index in [4.69, 9.17) is 0 Å². The summed E-state index contributed by atoms with van der Waals surface area (Å²) in [5.74, 6) is 0.161. The number of benzene rings is 1. The van der Waals surface area contributed by atoms with E-state index < -0.39 is 0 Å². The Kier molecular flexibility index (Phi) is 4.57. The SMILES string of the molecule is O=C(CCNCc1cccc(Br)c1)NC1CC1. The zero-order valence-corrected chi connectivity index (χ0v) is 11.3. The Morgan fingerprint density at radius 2 is 2.24 bits per heavy atom. The molecule has 0 unspecified atom stereocenters. The van der Waals surface area contributed by atoms with Crippen LogP contribution < -0.4 is 10.6 Å². The Bertz CT molecular complexity index is 391. The summed E-state index contributed by atoms with van der Waals surface area (Å²) in [5.41, 5.74) is 1.22. The Morgan fingerprint density at radius 3 is 2.94 bits per heavy atom. The minimum atomic E-state index is 0.161. The van der Waals surface area contributed by atoms with Gasteiger partial charge in [0, 0.05) is 30.0 Å². The highest BCUT2D eigenvalue weighted by molar-refractivity contribution is 9.10. The fourth-order valence-corrected chi connectivity index (χ4v) is 2.06. The number of hydrogen-bond acceptors (Lipinski definition) is 2. The van der Waals surface area contributed by atoms with Crippen LogP contribution in [0.25, 0.3) is 0 Å². The minimum absolute atomic E-state index is 0.161. The monoisotopic (exact) mass is 296 g/mol. The molecular weight excluding hydrogens is 280 g/mol. The molecule has 4 heteroatoms. The lowest BCUT2D eigenvalue weighted by molar-refractivity contribution is -0.121. The highest BCUT2D eigenvalue weighted by Gasteiger charge is 2.22. The number of amides is 1. The number of carbonyl (C=O) groups is 1. The van der Waals surface area contributed by atoms with Crippen LogP contribution in [0.4, 0.5) is 0 Å². The van der Waals surface area contributed by atoms with Crippen LogP contribution in [0.1, 0.15) is 24.8 Å². The molecule has 1 aromatic rings. The Balaban J connectivity index is 1.60. The maximum atomic E-state index is 11.4. The van der Waals surface area contributed by atoms with E-state index in [2.05, 4.69) is 38.7 Å².